The first-order chi connectivity index (χ1) is 8.97. The summed E-state index contributed by atoms with van der Waals surface area (Å²) < 4.78 is 0. The van der Waals surface area contributed by atoms with Crippen molar-refractivity contribution < 1.29 is 4.92 Å². The Labute approximate surface area is 114 Å². The number of hydrogen-bond donors (Lipinski definition) is 1. The minimum atomic E-state index is -0.402. The molecule has 0 saturated carbocycles. The van der Waals surface area contributed by atoms with Gasteiger partial charge in [0.15, 0.2) is 0 Å². The summed E-state index contributed by atoms with van der Waals surface area (Å²) in [5.74, 6) is 0.484. The minimum absolute atomic E-state index is 0.0338. The molecule has 1 N–H and O–H groups in total. The van der Waals surface area contributed by atoms with E-state index in [1.807, 2.05) is 19.2 Å². The molecule has 0 radical (unpaired) electrons. The zero-order chi connectivity index (χ0) is 14.0. The van der Waals surface area contributed by atoms with Crippen molar-refractivity contribution in [3.63, 3.8) is 0 Å². The second kappa shape index (κ2) is 5.31. The first-order valence-corrected chi connectivity index (χ1v) is 6.65. The van der Waals surface area contributed by atoms with Crippen LogP contribution in [0.3, 0.4) is 0 Å². The minimum Gasteiger partial charge on any atom is -0.361 e. The van der Waals surface area contributed by atoms with Gasteiger partial charge in [-0.25, -0.2) is 9.97 Å². The Bertz CT molecular complexity index is 612. The molecule has 0 aliphatic rings. The molecule has 7 heteroatoms. The maximum Gasteiger partial charge on any atom is 0.277 e. The predicted octanol–water partition coefficient (Wildman–Crippen LogP) is 3.24. The zero-order valence-corrected chi connectivity index (χ0v) is 11.7. The number of aryl methyl sites for hydroxylation is 2. The van der Waals surface area contributed by atoms with Crippen LogP contribution in [0.1, 0.15) is 29.2 Å². The summed E-state index contributed by atoms with van der Waals surface area (Å²) >= 11 is 1.56. The van der Waals surface area contributed by atoms with Gasteiger partial charge in [0, 0.05) is 22.8 Å². The average molecular weight is 278 g/mol. The number of nitrogens with zero attached hydrogens (tertiary/aromatic N) is 3. The van der Waals surface area contributed by atoms with Gasteiger partial charge < -0.3 is 5.32 Å². The fourth-order valence-electron chi connectivity index (χ4n) is 1.64. The average Bonchev–Trinajstić information content (AvgIpc) is 2.78. The summed E-state index contributed by atoms with van der Waals surface area (Å²) in [5.41, 5.74) is 1.59. The van der Waals surface area contributed by atoms with Gasteiger partial charge >= 0.3 is 0 Å². The van der Waals surface area contributed by atoms with Crippen LogP contribution in [0, 0.1) is 24.0 Å². The molecule has 0 spiro atoms. The van der Waals surface area contributed by atoms with Gasteiger partial charge in [-0.3, -0.25) is 10.1 Å². The molecular formula is C12H14N4O2S. The highest BCUT2D eigenvalue weighted by Gasteiger charge is 2.15. The maximum absolute atomic E-state index is 10.9. The third-order valence-corrected chi connectivity index (χ3v) is 3.79. The number of aromatic nitrogens is 2. The SMILES string of the molecule is Cc1csc(C(C)Nc2cc([N+](=O)[O-])c(C)cn2)n1. The van der Waals surface area contributed by atoms with Crippen LogP contribution in [-0.2, 0) is 0 Å². The van der Waals surface area contributed by atoms with Crippen molar-refractivity contribution in [2.24, 2.45) is 0 Å². The first kappa shape index (κ1) is 13.4. The molecule has 19 heavy (non-hydrogen) atoms. The molecule has 1 unspecified atom stereocenters. The molecule has 6 nitrogen and oxygen atoms in total. The Balaban J connectivity index is 2.19. The van der Waals surface area contributed by atoms with Gasteiger partial charge in [0.25, 0.3) is 5.69 Å². The quantitative estimate of drug-likeness (QED) is 0.686. The first-order valence-electron chi connectivity index (χ1n) is 5.77. The number of nitrogens with one attached hydrogen (secondary N) is 1. The molecule has 0 amide bonds. The zero-order valence-electron chi connectivity index (χ0n) is 10.9. The summed E-state index contributed by atoms with van der Waals surface area (Å²) in [5, 5.41) is 16.9. The van der Waals surface area contributed by atoms with Gasteiger partial charge in [-0.1, -0.05) is 0 Å². The second-order valence-corrected chi connectivity index (χ2v) is 5.20. The van der Waals surface area contributed by atoms with Crippen molar-refractivity contribution in [2.45, 2.75) is 26.8 Å². The van der Waals surface area contributed by atoms with E-state index in [2.05, 4.69) is 15.3 Å². The van der Waals surface area contributed by atoms with E-state index in [-0.39, 0.29) is 11.7 Å². The van der Waals surface area contributed by atoms with E-state index in [1.54, 1.807) is 18.3 Å². The van der Waals surface area contributed by atoms with Crippen LogP contribution in [0.2, 0.25) is 0 Å². The number of nitro groups is 1. The predicted molar refractivity (Wildman–Crippen MR) is 74.5 cm³/mol. The van der Waals surface area contributed by atoms with Gasteiger partial charge in [0.2, 0.25) is 0 Å². The number of pyridine rings is 1. The second-order valence-electron chi connectivity index (χ2n) is 4.31. The standard InChI is InChI=1S/C12H14N4O2S/c1-7-5-13-11(4-10(7)16(17)18)15-9(3)12-14-8(2)6-19-12/h4-6,9H,1-3H3,(H,13,15). The molecule has 0 aliphatic carbocycles. The van der Waals surface area contributed by atoms with Crippen LogP contribution in [-0.4, -0.2) is 14.9 Å². The van der Waals surface area contributed by atoms with Crippen LogP contribution in [0.25, 0.3) is 0 Å². The highest BCUT2D eigenvalue weighted by Crippen LogP contribution is 2.24. The number of thiazole rings is 1. The van der Waals surface area contributed by atoms with E-state index >= 15 is 0 Å². The smallest absolute Gasteiger partial charge is 0.277 e. The fourth-order valence-corrected chi connectivity index (χ4v) is 2.45. The van der Waals surface area contributed by atoms with Crippen LogP contribution in [0.15, 0.2) is 17.6 Å². The Morgan fingerprint density at radius 1 is 1.47 bits per heavy atom. The van der Waals surface area contributed by atoms with Crippen LogP contribution < -0.4 is 5.32 Å². The lowest BCUT2D eigenvalue weighted by atomic mass is 10.2. The Morgan fingerprint density at radius 2 is 2.21 bits per heavy atom. The van der Waals surface area contributed by atoms with E-state index < -0.39 is 4.92 Å². The summed E-state index contributed by atoms with van der Waals surface area (Å²) in [4.78, 5) is 19.0. The van der Waals surface area contributed by atoms with Crippen molar-refractivity contribution in [3.8, 4) is 0 Å². The summed E-state index contributed by atoms with van der Waals surface area (Å²) in [6, 6.07) is 1.42. The molecular weight excluding hydrogens is 264 g/mol. The summed E-state index contributed by atoms with van der Waals surface area (Å²) in [6.07, 6.45) is 1.50. The van der Waals surface area contributed by atoms with Crippen molar-refractivity contribution >= 4 is 22.8 Å². The molecule has 0 aliphatic heterocycles. The maximum atomic E-state index is 10.9. The molecule has 2 aromatic heterocycles. The van der Waals surface area contributed by atoms with Crippen LogP contribution in [0.5, 0.6) is 0 Å². The molecule has 0 aromatic carbocycles. The lowest BCUT2D eigenvalue weighted by Crippen LogP contribution is -2.08. The van der Waals surface area contributed by atoms with Gasteiger partial charge in [-0.15, -0.1) is 11.3 Å². The highest BCUT2D eigenvalue weighted by molar-refractivity contribution is 7.09. The van der Waals surface area contributed by atoms with Gasteiger partial charge in [-0.05, 0) is 20.8 Å². The van der Waals surface area contributed by atoms with Crippen LogP contribution in [0.4, 0.5) is 11.5 Å². The molecule has 2 rings (SSSR count). The third-order valence-electron chi connectivity index (χ3n) is 2.64. The molecule has 1 atom stereocenters. The van der Waals surface area contributed by atoms with Crippen molar-refractivity contribution in [2.75, 3.05) is 5.32 Å². The molecule has 2 heterocycles. The van der Waals surface area contributed by atoms with E-state index in [0.717, 1.165) is 10.7 Å². The van der Waals surface area contributed by atoms with E-state index in [4.69, 9.17) is 0 Å². The summed E-state index contributed by atoms with van der Waals surface area (Å²) in [6.45, 7) is 5.55. The molecule has 0 bridgehead atoms. The molecule has 0 saturated heterocycles. The largest absolute Gasteiger partial charge is 0.361 e. The monoisotopic (exact) mass is 278 g/mol. The van der Waals surface area contributed by atoms with Gasteiger partial charge in [0.1, 0.15) is 10.8 Å². The number of rotatable bonds is 4. The van der Waals surface area contributed by atoms with Crippen LogP contribution >= 0.6 is 11.3 Å². The lowest BCUT2D eigenvalue weighted by Gasteiger charge is -2.11. The lowest BCUT2D eigenvalue weighted by molar-refractivity contribution is -0.385. The number of hydrogen-bond acceptors (Lipinski definition) is 6. The van der Waals surface area contributed by atoms with E-state index in [1.165, 1.54) is 12.3 Å². The topological polar surface area (TPSA) is 81.0 Å². The van der Waals surface area contributed by atoms with Gasteiger partial charge in [0.05, 0.1) is 17.0 Å². The van der Waals surface area contributed by atoms with Gasteiger partial charge in [-0.2, -0.15) is 0 Å². The van der Waals surface area contributed by atoms with E-state index in [9.17, 15) is 10.1 Å². The fraction of sp³-hybridized carbons (Fsp3) is 0.333. The van der Waals surface area contributed by atoms with Crippen molar-refractivity contribution in [3.05, 3.63) is 44.0 Å². The van der Waals surface area contributed by atoms with E-state index in [0.29, 0.717) is 11.4 Å². The molecule has 0 fully saturated rings. The van der Waals surface area contributed by atoms with Crippen molar-refractivity contribution in [1.82, 2.24) is 9.97 Å². The highest BCUT2D eigenvalue weighted by atomic mass is 32.1. The number of anilines is 1. The Morgan fingerprint density at radius 3 is 2.79 bits per heavy atom. The molecule has 2 aromatic rings. The Hall–Kier alpha value is -2.02. The normalized spacial score (nSPS) is 12.2. The molecule has 100 valence electrons. The summed E-state index contributed by atoms with van der Waals surface area (Å²) in [7, 11) is 0. The Kier molecular flexibility index (Phi) is 3.75. The third kappa shape index (κ3) is 3.05. The van der Waals surface area contributed by atoms with Crippen molar-refractivity contribution in [1.29, 1.82) is 0 Å².